The summed E-state index contributed by atoms with van der Waals surface area (Å²) in [6, 6.07) is 0.874. The lowest BCUT2D eigenvalue weighted by Crippen LogP contribution is -2.51. The van der Waals surface area contributed by atoms with Crippen LogP contribution in [0.25, 0.3) is 11.0 Å². The van der Waals surface area contributed by atoms with Crippen LogP contribution in [0.15, 0.2) is 23.5 Å². The highest BCUT2D eigenvalue weighted by molar-refractivity contribution is 6.03. The molecule has 1 saturated carbocycles. The van der Waals surface area contributed by atoms with Crippen molar-refractivity contribution in [1.29, 1.82) is 0 Å². The smallest absolute Gasteiger partial charge is 0.339 e. The Kier molecular flexibility index (Phi) is 6.35. The first-order chi connectivity index (χ1) is 15.8. The molecule has 10 nitrogen and oxygen atoms in total. The maximum absolute atomic E-state index is 13.2. The van der Waals surface area contributed by atoms with Crippen molar-refractivity contribution in [3.63, 3.8) is 0 Å². The second kappa shape index (κ2) is 9.21. The molecule has 1 aliphatic carbocycles. The minimum absolute atomic E-state index is 0.0848. The van der Waals surface area contributed by atoms with Crippen LogP contribution in [0.5, 0.6) is 0 Å². The zero-order valence-electron chi connectivity index (χ0n) is 19.3. The number of pyridine rings is 1. The molecule has 0 bridgehead atoms. The van der Waals surface area contributed by atoms with Crippen molar-refractivity contribution >= 4 is 29.0 Å². The highest BCUT2D eigenvalue weighted by Crippen LogP contribution is 2.40. The van der Waals surface area contributed by atoms with E-state index in [1.54, 1.807) is 23.9 Å². The maximum Gasteiger partial charge on any atom is 0.339 e. The summed E-state index contributed by atoms with van der Waals surface area (Å²) in [5, 5.41) is 10.3. The van der Waals surface area contributed by atoms with Crippen LogP contribution in [-0.4, -0.2) is 52.0 Å². The van der Waals surface area contributed by atoms with Crippen LogP contribution >= 0.6 is 0 Å². The van der Waals surface area contributed by atoms with Gasteiger partial charge in [-0.25, -0.2) is 24.0 Å². The summed E-state index contributed by atoms with van der Waals surface area (Å²) in [5.74, 6) is -0.781. The summed E-state index contributed by atoms with van der Waals surface area (Å²) >= 11 is 0. The van der Waals surface area contributed by atoms with Gasteiger partial charge in [-0.2, -0.15) is 5.10 Å². The van der Waals surface area contributed by atoms with Crippen LogP contribution < -0.4 is 10.6 Å². The topological polar surface area (TPSA) is 124 Å². The molecule has 2 N–H and O–H groups in total. The zero-order chi connectivity index (χ0) is 23.7. The number of nitrogens with zero attached hydrogens (tertiary/aromatic N) is 3. The molecular weight excluding hydrogens is 426 g/mol. The van der Waals surface area contributed by atoms with Crippen molar-refractivity contribution in [1.82, 2.24) is 25.4 Å². The van der Waals surface area contributed by atoms with Gasteiger partial charge in [0, 0.05) is 17.7 Å². The molecule has 1 fully saturated rings. The molecule has 0 aromatic carbocycles. The van der Waals surface area contributed by atoms with Crippen LogP contribution in [0, 0.1) is 0 Å². The lowest BCUT2D eigenvalue weighted by molar-refractivity contribution is -0.139. The largest absolute Gasteiger partial charge is 0.463 e. The number of aromatic nitrogens is 3. The van der Waals surface area contributed by atoms with Crippen molar-refractivity contribution in [2.75, 3.05) is 13.2 Å². The maximum atomic E-state index is 13.2. The van der Waals surface area contributed by atoms with E-state index in [4.69, 9.17) is 14.5 Å². The number of hydrogen-bond donors (Lipinski definition) is 2. The van der Waals surface area contributed by atoms with Gasteiger partial charge in [0.25, 0.3) is 0 Å². The molecule has 0 spiro atoms. The average molecular weight is 456 g/mol. The van der Waals surface area contributed by atoms with E-state index in [1.165, 1.54) is 0 Å². The van der Waals surface area contributed by atoms with E-state index >= 15 is 0 Å². The van der Waals surface area contributed by atoms with Gasteiger partial charge in [0.2, 0.25) is 0 Å². The predicted octanol–water partition coefficient (Wildman–Crippen LogP) is 2.96. The van der Waals surface area contributed by atoms with Crippen molar-refractivity contribution in [2.24, 2.45) is 0 Å². The molecule has 4 rings (SSSR count). The van der Waals surface area contributed by atoms with Gasteiger partial charge < -0.3 is 20.1 Å². The third-order valence-corrected chi connectivity index (χ3v) is 5.79. The first-order valence-corrected chi connectivity index (χ1v) is 11.4. The summed E-state index contributed by atoms with van der Waals surface area (Å²) in [5.41, 5.74) is 2.36. The van der Waals surface area contributed by atoms with E-state index in [0.717, 1.165) is 18.5 Å². The van der Waals surface area contributed by atoms with E-state index in [2.05, 4.69) is 15.7 Å². The number of carbonyl (C=O) groups excluding carboxylic acids is 3. The Labute approximate surface area is 191 Å². The fourth-order valence-corrected chi connectivity index (χ4v) is 3.96. The molecule has 33 heavy (non-hydrogen) atoms. The SMILES string of the molecule is CCOC(=O)C1=C(COC(=O)c2cc(C3CC3)nc3c2cnn3C(C)C)NC(=O)NC1CC. The molecule has 3 heterocycles. The summed E-state index contributed by atoms with van der Waals surface area (Å²) in [6.45, 7) is 7.48. The zero-order valence-corrected chi connectivity index (χ0v) is 19.3. The molecule has 176 valence electrons. The van der Waals surface area contributed by atoms with Crippen LogP contribution in [-0.2, 0) is 14.3 Å². The summed E-state index contributed by atoms with van der Waals surface area (Å²) < 4.78 is 12.5. The van der Waals surface area contributed by atoms with Crippen LogP contribution in [0.3, 0.4) is 0 Å². The monoisotopic (exact) mass is 455 g/mol. The molecule has 0 saturated heterocycles. The Hall–Kier alpha value is -3.43. The number of carbonyl (C=O) groups is 3. The minimum atomic E-state index is -0.566. The van der Waals surface area contributed by atoms with Crippen LogP contribution in [0.4, 0.5) is 4.79 Å². The number of hydrogen-bond acceptors (Lipinski definition) is 7. The lowest BCUT2D eigenvalue weighted by Gasteiger charge is -2.28. The average Bonchev–Trinajstić information content (AvgIpc) is 3.54. The van der Waals surface area contributed by atoms with E-state index < -0.39 is 24.0 Å². The van der Waals surface area contributed by atoms with E-state index in [1.807, 2.05) is 20.8 Å². The quantitative estimate of drug-likeness (QED) is 0.586. The molecule has 1 aliphatic heterocycles. The second-order valence-corrected chi connectivity index (χ2v) is 8.54. The van der Waals surface area contributed by atoms with Gasteiger partial charge >= 0.3 is 18.0 Å². The summed E-state index contributed by atoms with van der Waals surface area (Å²) in [6.07, 6.45) is 4.19. The Morgan fingerprint density at radius 3 is 2.61 bits per heavy atom. The molecule has 1 atom stereocenters. The van der Waals surface area contributed by atoms with Gasteiger partial charge in [-0.15, -0.1) is 0 Å². The molecular formula is C23H29N5O5. The highest BCUT2D eigenvalue weighted by Gasteiger charge is 2.33. The van der Waals surface area contributed by atoms with Gasteiger partial charge in [0.05, 0.1) is 41.1 Å². The molecule has 2 aromatic heterocycles. The Morgan fingerprint density at radius 1 is 1.21 bits per heavy atom. The molecule has 0 radical (unpaired) electrons. The minimum Gasteiger partial charge on any atom is -0.463 e. The molecule has 10 heteroatoms. The number of esters is 2. The molecule has 1 unspecified atom stereocenters. The van der Waals surface area contributed by atoms with Gasteiger partial charge in [0.15, 0.2) is 5.65 Å². The highest BCUT2D eigenvalue weighted by atomic mass is 16.5. The number of amides is 2. The van der Waals surface area contributed by atoms with E-state index in [0.29, 0.717) is 28.9 Å². The third-order valence-electron chi connectivity index (χ3n) is 5.79. The van der Waals surface area contributed by atoms with Crippen molar-refractivity contribution in [2.45, 2.75) is 65.0 Å². The standard InChI is InChI=1S/C23H29N5O5/c1-5-16-19(22(30)32-6-2)18(27-23(31)26-16)11-33-21(29)14-9-17(13-7-8-13)25-20-15(14)10-24-28(20)12(3)4/h9-10,12-13,16H,5-8,11H2,1-4H3,(H2,26,27,31). The number of urea groups is 1. The lowest BCUT2D eigenvalue weighted by atomic mass is 10.0. The summed E-state index contributed by atoms with van der Waals surface area (Å²) in [4.78, 5) is 42.5. The molecule has 2 aromatic rings. The number of fused-ring (bicyclic) bond motifs is 1. The third kappa shape index (κ3) is 4.55. The molecule has 2 aliphatic rings. The van der Waals surface area contributed by atoms with Crippen molar-refractivity contribution in [3.05, 3.63) is 34.8 Å². The number of nitrogens with one attached hydrogen (secondary N) is 2. The van der Waals surface area contributed by atoms with Crippen molar-refractivity contribution < 1.29 is 23.9 Å². The normalized spacial score (nSPS) is 18.3. The van der Waals surface area contributed by atoms with Crippen LogP contribution in [0.2, 0.25) is 0 Å². The van der Waals surface area contributed by atoms with Gasteiger partial charge in [-0.1, -0.05) is 6.92 Å². The molecule has 2 amide bonds. The van der Waals surface area contributed by atoms with Crippen LogP contribution in [0.1, 0.15) is 75.0 Å². The fraction of sp³-hybridized carbons (Fsp3) is 0.522. The Balaban J connectivity index is 1.65. The van der Waals surface area contributed by atoms with E-state index in [9.17, 15) is 14.4 Å². The van der Waals surface area contributed by atoms with E-state index in [-0.39, 0.29) is 30.5 Å². The van der Waals surface area contributed by atoms with Gasteiger partial charge in [0.1, 0.15) is 6.61 Å². The van der Waals surface area contributed by atoms with Crippen molar-refractivity contribution in [3.8, 4) is 0 Å². The van der Waals surface area contributed by atoms with Gasteiger partial charge in [-0.3, -0.25) is 0 Å². The summed E-state index contributed by atoms with van der Waals surface area (Å²) in [7, 11) is 0. The Morgan fingerprint density at radius 2 is 1.97 bits per heavy atom. The fourth-order valence-electron chi connectivity index (χ4n) is 3.96. The number of rotatable bonds is 8. The first kappa shape index (κ1) is 22.8. The van der Waals surface area contributed by atoms with Gasteiger partial charge in [-0.05, 0) is 46.1 Å². The second-order valence-electron chi connectivity index (χ2n) is 8.54. The first-order valence-electron chi connectivity index (χ1n) is 11.4. The Bertz CT molecular complexity index is 1130. The predicted molar refractivity (Wildman–Crippen MR) is 120 cm³/mol. The number of ether oxygens (including phenoxy) is 2.